The van der Waals surface area contributed by atoms with Crippen molar-refractivity contribution < 1.29 is 19.0 Å². The average Bonchev–Trinajstić information content (AvgIpc) is 2.47. The molecule has 0 aromatic carbocycles. The number of aldehydes is 1. The van der Waals surface area contributed by atoms with Gasteiger partial charge in [-0.05, 0) is 0 Å². The minimum Gasteiger partial charge on any atom is -0.375 e. The summed E-state index contributed by atoms with van der Waals surface area (Å²) >= 11 is 0. The van der Waals surface area contributed by atoms with Gasteiger partial charge >= 0.3 is 0 Å². The Balaban J connectivity index is 2.71. The molecule has 1 aliphatic heterocycles. The van der Waals surface area contributed by atoms with E-state index in [1.54, 1.807) is 0 Å². The van der Waals surface area contributed by atoms with Crippen molar-refractivity contribution in [2.45, 2.75) is 18.3 Å². The molecule has 4 nitrogen and oxygen atoms in total. The predicted octanol–water partition coefficient (Wildman–Crippen LogP) is -0.0367. The predicted molar refractivity (Wildman–Crippen MR) is 37.2 cm³/mol. The first-order chi connectivity index (χ1) is 5.29. The molecule has 0 amide bonds. The zero-order valence-electron chi connectivity index (χ0n) is 6.70. The highest BCUT2D eigenvalue weighted by molar-refractivity contribution is 5.61. The maximum atomic E-state index is 10.6. The van der Waals surface area contributed by atoms with Crippen LogP contribution >= 0.6 is 0 Å². The van der Waals surface area contributed by atoms with Gasteiger partial charge in [-0.25, -0.2) is 0 Å². The molecule has 0 bridgehead atoms. The van der Waals surface area contributed by atoms with E-state index in [2.05, 4.69) is 0 Å². The van der Waals surface area contributed by atoms with Crippen LogP contribution in [0.4, 0.5) is 0 Å². The van der Waals surface area contributed by atoms with Crippen molar-refractivity contribution in [2.75, 3.05) is 20.8 Å². The van der Waals surface area contributed by atoms with Gasteiger partial charge in [0.15, 0.2) is 6.29 Å². The number of carbonyl (C=O) groups is 1. The lowest BCUT2D eigenvalue weighted by Gasteiger charge is -2.25. The number of hydrogen-bond donors (Lipinski definition) is 0. The number of rotatable bonds is 3. The summed E-state index contributed by atoms with van der Waals surface area (Å²) in [4.78, 5) is 10.6. The van der Waals surface area contributed by atoms with Crippen LogP contribution in [0.3, 0.4) is 0 Å². The Morgan fingerprint density at radius 1 is 1.64 bits per heavy atom. The molecule has 0 spiro atoms. The van der Waals surface area contributed by atoms with Crippen molar-refractivity contribution in [3.05, 3.63) is 0 Å². The fourth-order valence-corrected chi connectivity index (χ4v) is 1.25. The van der Waals surface area contributed by atoms with Crippen molar-refractivity contribution in [1.82, 2.24) is 0 Å². The third-order valence-corrected chi connectivity index (χ3v) is 1.92. The van der Waals surface area contributed by atoms with Crippen LogP contribution in [0, 0.1) is 0 Å². The van der Waals surface area contributed by atoms with Crippen LogP contribution in [0.2, 0.25) is 0 Å². The summed E-state index contributed by atoms with van der Waals surface area (Å²) in [6.45, 7) is 0.505. The minimum atomic E-state index is -1.16. The van der Waals surface area contributed by atoms with Crippen LogP contribution in [0.25, 0.3) is 0 Å². The molecule has 0 aromatic rings. The van der Waals surface area contributed by atoms with Gasteiger partial charge in [-0.2, -0.15) is 0 Å². The van der Waals surface area contributed by atoms with Crippen molar-refractivity contribution in [3.63, 3.8) is 0 Å². The Morgan fingerprint density at radius 2 is 2.36 bits per heavy atom. The van der Waals surface area contributed by atoms with E-state index in [0.717, 1.165) is 0 Å². The smallest absolute Gasteiger partial charge is 0.252 e. The molecule has 0 saturated carbocycles. The second kappa shape index (κ2) is 3.30. The molecular formula is C7H12O4. The monoisotopic (exact) mass is 160 g/mol. The van der Waals surface area contributed by atoms with Gasteiger partial charge in [0, 0.05) is 20.6 Å². The first-order valence-corrected chi connectivity index (χ1v) is 3.47. The lowest BCUT2D eigenvalue weighted by Crippen LogP contribution is -2.43. The van der Waals surface area contributed by atoms with Crippen molar-refractivity contribution >= 4 is 6.29 Å². The van der Waals surface area contributed by atoms with Crippen LogP contribution < -0.4 is 0 Å². The van der Waals surface area contributed by atoms with E-state index in [1.165, 1.54) is 14.2 Å². The van der Waals surface area contributed by atoms with E-state index in [4.69, 9.17) is 14.2 Å². The van der Waals surface area contributed by atoms with Gasteiger partial charge in [0.05, 0.1) is 6.61 Å². The molecule has 1 saturated heterocycles. The van der Waals surface area contributed by atoms with Crippen molar-refractivity contribution in [1.29, 1.82) is 0 Å². The lowest BCUT2D eigenvalue weighted by atomic mass is 10.1. The summed E-state index contributed by atoms with van der Waals surface area (Å²) in [5, 5.41) is 0. The first-order valence-electron chi connectivity index (χ1n) is 3.47. The topological polar surface area (TPSA) is 44.8 Å². The van der Waals surface area contributed by atoms with E-state index in [0.29, 0.717) is 19.3 Å². The highest BCUT2D eigenvalue weighted by Gasteiger charge is 2.45. The summed E-state index contributed by atoms with van der Waals surface area (Å²) in [5.41, 5.74) is 0. The van der Waals surface area contributed by atoms with E-state index in [9.17, 15) is 4.79 Å². The van der Waals surface area contributed by atoms with Gasteiger partial charge in [-0.3, -0.25) is 4.79 Å². The second-order valence-electron chi connectivity index (χ2n) is 2.40. The Labute approximate surface area is 65.4 Å². The quantitative estimate of drug-likeness (QED) is 0.543. The molecule has 11 heavy (non-hydrogen) atoms. The largest absolute Gasteiger partial charge is 0.375 e. The molecule has 2 unspecified atom stereocenters. The van der Waals surface area contributed by atoms with Gasteiger partial charge < -0.3 is 14.2 Å². The number of methoxy groups -OCH3 is 2. The molecule has 2 atom stereocenters. The molecule has 0 N–H and O–H groups in total. The summed E-state index contributed by atoms with van der Waals surface area (Å²) in [7, 11) is 2.97. The minimum absolute atomic E-state index is 0.273. The first kappa shape index (κ1) is 8.64. The number of hydrogen-bond acceptors (Lipinski definition) is 4. The van der Waals surface area contributed by atoms with Crippen molar-refractivity contribution in [3.8, 4) is 0 Å². The van der Waals surface area contributed by atoms with Gasteiger partial charge in [-0.15, -0.1) is 0 Å². The van der Waals surface area contributed by atoms with Gasteiger partial charge in [0.25, 0.3) is 5.79 Å². The van der Waals surface area contributed by atoms with Gasteiger partial charge in [0.2, 0.25) is 0 Å². The van der Waals surface area contributed by atoms with E-state index < -0.39 is 5.79 Å². The second-order valence-corrected chi connectivity index (χ2v) is 2.40. The Kier molecular flexibility index (Phi) is 2.59. The summed E-state index contributed by atoms with van der Waals surface area (Å²) in [5.74, 6) is -1.16. The molecular weight excluding hydrogens is 148 g/mol. The SMILES string of the molecule is COC1CCOC1(C=O)OC. The molecule has 0 aromatic heterocycles. The third kappa shape index (κ3) is 1.29. The Morgan fingerprint density at radius 3 is 2.73 bits per heavy atom. The molecule has 4 heteroatoms. The summed E-state index contributed by atoms with van der Waals surface area (Å²) in [6, 6.07) is 0. The number of carbonyl (C=O) groups excluding carboxylic acids is 1. The number of ether oxygens (including phenoxy) is 3. The maximum absolute atomic E-state index is 10.6. The van der Waals surface area contributed by atoms with Gasteiger partial charge in [-0.1, -0.05) is 0 Å². The van der Waals surface area contributed by atoms with Crippen LogP contribution in [-0.2, 0) is 19.0 Å². The van der Waals surface area contributed by atoms with E-state index >= 15 is 0 Å². The van der Waals surface area contributed by atoms with Crippen LogP contribution in [0.1, 0.15) is 6.42 Å². The highest BCUT2D eigenvalue weighted by Crippen LogP contribution is 2.26. The Bertz CT molecular complexity index is 147. The molecule has 1 heterocycles. The zero-order valence-corrected chi connectivity index (χ0v) is 6.70. The normalized spacial score (nSPS) is 37.5. The third-order valence-electron chi connectivity index (χ3n) is 1.92. The van der Waals surface area contributed by atoms with Crippen LogP contribution in [0.5, 0.6) is 0 Å². The molecule has 0 aliphatic carbocycles. The summed E-state index contributed by atoms with van der Waals surface area (Å²) < 4.78 is 15.1. The average molecular weight is 160 g/mol. The van der Waals surface area contributed by atoms with Crippen LogP contribution in [-0.4, -0.2) is 39.0 Å². The molecule has 1 fully saturated rings. The van der Waals surface area contributed by atoms with Crippen molar-refractivity contribution in [2.24, 2.45) is 0 Å². The standard InChI is InChI=1S/C7H12O4/c1-9-6-3-4-11-7(6,5-8)10-2/h5-6H,3-4H2,1-2H3. The molecule has 1 aliphatic rings. The van der Waals surface area contributed by atoms with E-state index in [-0.39, 0.29) is 6.10 Å². The van der Waals surface area contributed by atoms with Crippen LogP contribution in [0.15, 0.2) is 0 Å². The highest BCUT2D eigenvalue weighted by atomic mass is 16.7. The molecule has 64 valence electrons. The summed E-state index contributed by atoms with van der Waals surface area (Å²) in [6.07, 6.45) is 1.07. The van der Waals surface area contributed by atoms with Gasteiger partial charge in [0.1, 0.15) is 6.10 Å². The maximum Gasteiger partial charge on any atom is 0.252 e. The lowest BCUT2D eigenvalue weighted by molar-refractivity contribution is -0.218. The zero-order chi connectivity index (χ0) is 8.32. The molecule has 0 radical (unpaired) electrons. The van der Waals surface area contributed by atoms with E-state index in [1.807, 2.05) is 0 Å². The fourth-order valence-electron chi connectivity index (χ4n) is 1.25. The Hall–Kier alpha value is -0.450. The fraction of sp³-hybridized carbons (Fsp3) is 0.857. The molecule has 1 rings (SSSR count).